The van der Waals surface area contributed by atoms with Gasteiger partial charge in [-0.15, -0.1) is 0 Å². The van der Waals surface area contributed by atoms with E-state index in [0.29, 0.717) is 6.42 Å². The molecular weight excluding hydrogens is 416 g/mol. The average molecular weight is 429 g/mol. The minimum absolute atomic E-state index is 0.0475. The SMILES string of the molecule is CC1(C)C(O)CC1Oc1c(Br)cc(Br)cc1Br. The van der Waals surface area contributed by atoms with Gasteiger partial charge in [-0.3, -0.25) is 0 Å². The zero-order chi connectivity index (χ0) is 12.8. The van der Waals surface area contributed by atoms with Crippen LogP contribution in [0.4, 0.5) is 0 Å². The van der Waals surface area contributed by atoms with Crippen molar-refractivity contribution in [2.24, 2.45) is 5.41 Å². The Hall–Kier alpha value is 0.420. The molecule has 2 rings (SSSR count). The first-order valence-electron chi connectivity index (χ1n) is 5.31. The first-order chi connectivity index (χ1) is 7.82. The van der Waals surface area contributed by atoms with E-state index in [9.17, 15) is 5.11 Å². The lowest BCUT2D eigenvalue weighted by molar-refractivity contribution is -0.135. The van der Waals surface area contributed by atoms with Gasteiger partial charge in [0.05, 0.1) is 15.0 Å². The zero-order valence-electron chi connectivity index (χ0n) is 9.51. The first kappa shape index (κ1) is 13.8. The molecule has 0 bridgehead atoms. The summed E-state index contributed by atoms with van der Waals surface area (Å²) >= 11 is 10.4. The van der Waals surface area contributed by atoms with Crippen molar-refractivity contribution in [1.29, 1.82) is 0 Å². The lowest BCUT2D eigenvalue weighted by Crippen LogP contribution is -2.56. The van der Waals surface area contributed by atoms with Crippen LogP contribution in [0.15, 0.2) is 25.6 Å². The van der Waals surface area contributed by atoms with Gasteiger partial charge in [0, 0.05) is 16.3 Å². The van der Waals surface area contributed by atoms with Crippen molar-refractivity contribution in [2.45, 2.75) is 32.5 Å². The molecule has 2 atom stereocenters. The monoisotopic (exact) mass is 426 g/mol. The van der Waals surface area contributed by atoms with Crippen LogP contribution >= 0.6 is 47.8 Å². The predicted molar refractivity (Wildman–Crippen MR) is 78.4 cm³/mol. The Morgan fingerprint density at radius 3 is 2.18 bits per heavy atom. The van der Waals surface area contributed by atoms with Crippen LogP contribution in [0, 0.1) is 5.41 Å². The molecule has 1 aliphatic carbocycles. The molecule has 0 aliphatic heterocycles. The van der Waals surface area contributed by atoms with Gasteiger partial charge in [-0.25, -0.2) is 0 Å². The van der Waals surface area contributed by atoms with Crippen molar-refractivity contribution in [3.63, 3.8) is 0 Å². The van der Waals surface area contributed by atoms with E-state index < -0.39 is 0 Å². The molecule has 1 aromatic rings. The average Bonchev–Trinajstić information content (AvgIpc) is 2.21. The van der Waals surface area contributed by atoms with E-state index >= 15 is 0 Å². The van der Waals surface area contributed by atoms with E-state index in [-0.39, 0.29) is 17.6 Å². The van der Waals surface area contributed by atoms with E-state index in [1.165, 1.54) is 0 Å². The highest BCUT2D eigenvalue weighted by Crippen LogP contribution is 2.46. The second-order valence-corrected chi connectivity index (χ2v) is 7.50. The maximum atomic E-state index is 9.70. The summed E-state index contributed by atoms with van der Waals surface area (Å²) in [7, 11) is 0. The summed E-state index contributed by atoms with van der Waals surface area (Å²) in [5, 5.41) is 9.70. The number of benzene rings is 1. The third-order valence-electron chi connectivity index (χ3n) is 3.35. The third kappa shape index (κ3) is 2.57. The topological polar surface area (TPSA) is 29.5 Å². The summed E-state index contributed by atoms with van der Waals surface area (Å²) in [6.45, 7) is 4.04. The molecule has 0 spiro atoms. The number of halogens is 3. The van der Waals surface area contributed by atoms with E-state index in [1.807, 2.05) is 26.0 Å². The summed E-state index contributed by atoms with van der Waals surface area (Å²) in [5.74, 6) is 0.790. The molecule has 2 unspecified atom stereocenters. The Morgan fingerprint density at radius 2 is 1.76 bits per heavy atom. The van der Waals surface area contributed by atoms with Crippen LogP contribution in [0.2, 0.25) is 0 Å². The molecule has 0 aromatic heterocycles. The minimum atomic E-state index is -0.277. The molecule has 94 valence electrons. The van der Waals surface area contributed by atoms with Crippen LogP contribution in [-0.4, -0.2) is 17.3 Å². The van der Waals surface area contributed by atoms with Gasteiger partial charge in [0.15, 0.2) is 0 Å². The van der Waals surface area contributed by atoms with E-state index in [2.05, 4.69) is 47.8 Å². The summed E-state index contributed by atoms with van der Waals surface area (Å²) in [6, 6.07) is 3.89. The standard InChI is InChI=1S/C12H13Br3O2/c1-12(2)9(16)5-10(12)17-11-7(14)3-6(13)4-8(11)15/h3-4,9-10,16H,5H2,1-2H3. The molecule has 2 nitrogen and oxygen atoms in total. The Bertz CT molecular complexity index is 422. The van der Waals surface area contributed by atoms with Crippen molar-refractivity contribution in [3.05, 3.63) is 25.6 Å². The molecule has 0 radical (unpaired) electrons. The zero-order valence-corrected chi connectivity index (χ0v) is 14.3. The van der Waals surface area contributed by atoms with E-state index in [1.54, 1.807) is 0 Å². The third-order valence-corrected chi connectivity index (χ3v) is 4.99. The number of aliphatic hydroxyl groups is 1. The van der Waals surface area contributed by atoms with E-state index in [4.69, 9.17) is 4.74 Å². The minimum Gasteiger partial charge on any atom is -0.487 e. The molecule has 1 saturated carbocycles. The maximum Gasteiger partial charge on any atom is 0.148 e. The largest absolute Gasteiger partial charge is 0.487 e. The van der Waals surface area contributed by atoms with Crippen LogP contribution in [0.25, 0.3) is 0 Å². The highest BCUT2D eigenvalue weighted by atomic mass is 79.9. The van der Waals surface area contributed by atoms with Crippen molar-refractivity contribution in [1.82, 2.24) is 0 Å². The van der Waals surface area contributed by atoms with Gasteiger partial charge in [0.25, 0.3) is 0 Å². The summed E-state index contributed by atoms with van der Waals surface area (Å²) < 4.78 is 8.76. The molecule has 1 aromatic carbocycles. The van der Waals surface area contributed by atoms with Gasteiger partial charge < -0.3 is 9.84 Å². The molecule has 0 amide bonds. The van der Waals surface area contributed by atoms with Gasteiger partial charge in [0.2, 0.25) is 0 Å². The van der Waals surface area contributed by atoms with Crippen LogP contribution < -0.4 is 4.74 Å². The number of hydrogen-bond donors (Lipinski definition) is 1. The van der Waals surface area contributed by atoms with Crippen LogP contribution in [0.3, 0.4) is 0 Å². The lowest BCUT2D eigenvalue weighted by Gasteiger charge is -2.48. The summed E-state index contributed by atoms with van der Waals surface area (Å²) in [6.07, 6.45) is 0.453. The lowest BCUT2D eigenvalue weighted by atomic mass is 9.66. The second kappa shape index (κ2) is 4.83. The maximum absolute atomic E-state index is 9.70. The fourth-order valence-corrected chi connectivity index (χ4v) is 4.29. The molecule has 1 aliphatic rings. The molecule has 0 heterocycles. The van der Waals surface area contributed by atoms with Gasteiger partial charge in [0.1, 0.15) is 11.9 Å². The Morgan fingerprint density at radius 1 is 1.24 bits per heavy atom. The predicted octanol–water partition coefficient (Wildman–Crippen LogP) is 4.51. The van der Waals surface area contributed by atoms with Crippen LogP contribution in [0.5, 0.6) is 5.75 Å². The molecule has 0 saturated heterocycles. The Balaban J connectivity index is 2.21. The highest BCUT2D eigenvalue weighted by Gasteiger charge is 2.49. The molecule has 1 fully saturated rings. The molecule has 17 heavy (non-hydrogen) atoms. The van der Waals surface area contributed by atoms with Crippen LogP contribution in [0.1, 0.15) is 20.3 Å². The quantitative estimate of drug-likeness (QED) is 0.750. The van der Waals surface area contributed by atoms with Gasteiger partial charge in [-0.05, 0) is 44.0 Å². The number of aliphatic hydroxyl groups excluding tert-OH is 1. The number of rotatable bonds is 2. The van der Waals surface area contributed by atoms with Crippen LogP contribution in [-0.2, 0) is 0 Å². The van der Waals surface area contributed by atoms with Gasteiger partial charge in [-0.2, -0.15) is 0 Å². The fourth-order valence-electron chi connectivity index (χ4n) is 1.85. The van der Waals surface area contributed by atoms with Crippen molar-refractivity contribution in [2.75, 3.05) is 0 Å². The van der Waals surface area contributed by atoms with Crippen molar-refractivity contribution < 1.29 is 9.84 Å². The van der Waals surface area contributed by atoms with Crippen molar-refractivity contribution in [3.8, 4) is 5.75 Å². The molecule has 1 N–H and O–H groups in total. The second-order valence-electron chi connectivity index (χ2n) is 4.88. The Kier molecular flexibility index (Phi) is 3.94. The molecular formula is C12H13Br3O2. The molecule has 5 heteroatoms. The summed E-state index contributed by atoms with van der Waals surface area (Å²) in [5.41, 5.74) is -0.189. The van der Waals surface area contributed by atoms with Gasteiger partial charge in [-0.1, -0.05) is 29.8 Å². The van der Waals surface area contributed by atoms with E-state index in [0.717, 1.165) is 19.2 Å². The number of ether oxygens (including phenoxy) is 1. The Labute approximate surface area is 126 Å². The van der Waals surface area contributed by atoms with Gasteiger partial charge >= 0.3 is 0 Å². The normalized spacial score (nSPS) is 26.5. The smallest absolute Gasteiger partial charge is 0.148 e. The fraction of sp³-hybridized carbons (Fsp3) is 0.500. The summed E-state index contributed by atoms with van der Waals surface area (Å²) in [4.78, 5) is 0. The first-order valence-corrected chi connectivity index (χ1v) is 7.69. The number of hydrogen-bond acceptors (Lipinski definition) is 2. The van der Waals surface area contributed by atoms with Crippen molar-refractivity contribution >= 4 is 47.8 Å². The highest BCUT2D eigenvalue weighted by molar-refractivity contribution is 9.11.